The Labute approximate surface area is 76.9 Å². The van der Waals surface area contributed by atoms with Crippen LogP contribution in [0.15, 0.2) is 5.18 Å². The number of carbonyl (C=O) groups is 2. The van der Waals surface area contributed by atoms with E-state index in [0.29, 0.717) is 6.42 Å². The molecule has 0 aliphatic heterocycles. The van der Waals surface area contributed by atoms with Gasteiger partial charge in [0.25, 0.3) is 0 Å². The summed E-state index contributed by atoms with van der Waals surface area (Å²) in [6.45, 7) is 4.95. The first-order valence-electron chi connectivity index (χ1n) is 4.17. The normalized spacial score (nSPS) is 14.4. The average molecular weight is 186 g/mol. The number of carbonyl (C=O) groups excluding carboxylic acids is 2. The van der Waals surface area contributed by atoms with Crippen molar-refractivity contribution in [3.63, 3.8) is 0 Å². The highest BCUT2D eigenvalue weighted by atomic mass is 16.3. The molecule has 0 radical (unpaired) electrons. The molecule has 0 rings (SSSR count). The van der Waals surface area contributed by atoms with Crippen molar-refractivity contribution in [3.8, 4) is 0 Å². The summed E-state index contributed by atoms with van der Waals surface area (Å²) in [5.74, 6) is -1.22. The Morgan fingerprint density at radius 2 is 2.00 bits per heavy atom. The van der Waals surface area contributed by atoms with E-state index in [2.05, 4.69) is 10.5 Å². The molecule has 0 fully saturated rings. The number of nitrogens with one attached hydrogen (secondary N) is 1. The van der Waals surface area contributed by atoms with Gasteiger partial charge in [-0.1, -0.05) is 20.3 Å². The zero-order chi connectivity index (χ0) is 10.4. The van der Waals surface area contributed by atoms with Gasteiger partial charge in [0.15, 0.2) is 0 Å². The molecule has 0 aromatic rings. The van der Waals surface area contributed by atoms with Gasteiger partial charge in [-0.05, 0) is 5.92 Å². The SMILES string of the molecule is CCC(C)C(NC(C)=O)C(=O)N=O. The lowest BCUT2D eigenvalue weighted by Gasteiger charge is -2.18. The topological polar surface area (TPSA) is 75.6 Å². The Kier molecular flexibility index (Phi) is 4.87. The Bertz CT molecular complexity index is 215. The Morgan fingerprint density at radius 1 is 1.46 bits per heavy atom. The van der Waals surface area contributed by atoms with E-state index >= 15 is 0 Å². The molecule has 5 nitrogen and oxygen atoms in total. The van der Waals surface area contributed by atoms with Crippen LogP contribution in [0.5, 0.6) is 0 Å². The molecule has 0 aromatic carbocycles. The van der Waals surface area contributed by atoms with E-state index in [9.17, 15) is 14.5 Å². The van der Waals surface area contributed by atoms with Crippen LogP contribution in [-0.2, 0) is 9.59 Å². The first-order chi connectivity index (χ1) is 6.02. The molecule has 0 bridgehead atoms. The number of rotatable bonds is 4. The molecule has 0 aliphatic rings. The smallest absolute Gasteiger partial charge is 0.308 e. The molecular formula is C8H14N2O3. The molecule has 1 N–H and O–H groups in total. The predicted octanol–water partition coefficient (Wildman–Crippen LogP) is 0.830. The van der Waals surface area contributed by atoms with Crippen molar-refractivity contribution in [2.45, 2.75) is 33.2 Å². The highest BCUT2D eigenvalue weighted by molar-refractivity contribution is 5.87. The quantitative estimate of drug-likeness (QED) is 0.660. The predicted molar refractivity (Wildman–Crippen MR) is 47.9 cm³/mol. The maximum absolute atomic E-state index is 11.0. The van der Waals surface area contributed by atoms with Crippen LogP contribution >= 0.6 is 0 Å². The van der Waals surface area contributed by atoms with E-state index < -0.39 is 11.9 Å². The second-order valence-electron chi connectivity index (χ2n) is 2.99. The number of amides is 2. The minimum atomic E-state index is -0.815. The van der Waals surface area contributed by atoms with Crippen LogP contribution in [0.2, 0.25) is 0 Å². The van der Waals surface area contributed by atoms with E-state index in [1.807, 2.05) is 6.92 Å². The van der Waals surface area contributed by atoms with Crippen LogP contribution in [0.4, 0.5) is 0 Å². The van der Waals surface area contributed by atoms with Crippen molar-refractivity contribution < 1.29 is 9.59 Å². The molecule has 2 atom stereocenters. The third kappa shape index (κ3) is 3.78. The summed E-state index contributed by atoms with van der Waals surface area (Å²) in [4.78, 5) is 31.6. The van der Waals surface area contributed by atoms with Crippen molar-refractivity contribution in [2.24, 2.45) is 11.1 Å². The van der Waals surface area contributed by atoms with Gasteiger partial charge in [-0.25, -0.2) is 0 Å². The van der Waals surface area contributed by atoms with Gasteiger partial charge in [-0.3, -0.25) is 9.59 Å². The van der Waals surface area contributed by atoms with Gasteiger partial charge in [0.1, 0.15) is 6.04 Å². The number of nitrogens with zero attached hydrogens (tertiary/aromatic N) is 1. The summed E-state index contributed by atoms with van der Waals surface area (Å²) in [7, 11) is 0. The second-order valence-corrected chi connectivity index (χ2v) is 2.99. The molecule has 0 aliphatic carbocycles. The summed E-state index contributed by atoms with van der Waals surface area (Å²) >= 11 is 0. The van der Waals surface area contributed by atoms with Gasteiger partial charge < -0.3 is 5.32 Å². The molecule has 0 heterocycles. The lowest BCUT2D eigenvalue weighted by molar-refractivity contribution is -0.127. The van der Waals surface area contributed by atoms with Gasteiger partial charge >= 0.3 is 5.91 Å². The van der Waals surface area contributed by atoms with E-state index in [1.165, 1.54) is 6.92 Å². The molecule has 74 valence electrons. The monoisotopic (exact) mass is 186 g/mol. The fourth-order valence-corrected chi connectivity index (χ4v) is 0.959. The van der Waals surface area contributed by atoms with Gasteiger partial charge in [0, 0.05) is 12.1 Å². The average Bonchev–Trinajstić information content (AvgIpc) is 2.11. The first kappa shape index (κ1) is 11.7. The molecule has 2 amide bonds. The number of hydrogen-bond acceptors (Lipinski definition) is 3. The fraction of sp³-hybridized carbons (Fsp3) is 0.750. The Hall–Kier alpha value is -1.26. The standard InChI is InChI=1S/C8H14N2O3/c1-4-5(2)7(8(12)10-13)9-6(3)11/h5,7H,4H2,1-3H3,(H,9,11). The zero-order valence-electron chi connectivity index (χ0n) is 8.03. The van der Waals surface area contributed by atoms with E-state index in [4.69, 9.17) is 0 Å². The number of hydrogen-bond donors (Lipinski definition) is 1. The van der Waals surface area contributed by atoms with Gasteiger partial charge in [0.2, 0.25) is 5.91 Å². The largest absolute Gasteiger partial charge is 0.344 e. The highest BCUT2D eigenvalue weighted by Gasteiger charge is 2.25. The van der Waals surface area contributed by atoms with E-state index in [1.54, 1.807) is 6.92 Å². The summed E-state index contributed by atoms with van der Waals surface area (Å²) in [6.07, 6.45) is 0.701. The molecule has 0 saturated carbocycles. The lowest BCUT2D eigenvalue weighted by Crippen LogP contribution is -2.43. The third-order valence-corrected chi connectivity index (χ3v) is 1.93. The van der Waals surface area contributed by atoms with Crippen LogP contribution in [0.1, 0.15) is 27.2 Å². The van der Waals surface area contributed by atoms with Crippen LogP contribution in [0, 0.1) is 10.8 Å². The Balaban J connectivity index is 4.44. The molecule has 2 unspecified atom stereocenters. The van der Waals surface area contributed by atoms with E-state index in [0.717, 1.165) is 0 Å². The molecule has 13 heavy (non-hydrogen) atoms. The zero-order valence-corrected chi connectivity index (χ0v) is 8.03. The summed E-state index contributed by atoms with van der Waals surface area (Å²) in [6, 6.07) is -0.778. The van der Waals surface area contributed by atoms with Crippen molar-refractivity contribution >= 4 is 11.8 Å². The molecule has 5 heteroatoms. The van der Waals surface area contributed by atoms with Crippen molar-refractivity contribution in [1.82, 2.24) is 5.32 Å². The van der Waals surface area contributed by atoms with Crippen molar-refractivity contribution in [3.05, 3.63) is 4.91 Å². The second kappa shape index (κ2) is 5.40. The fourth-order valence-electron chi connectivity index (χ4n) is 0.959. The maximum Gasteiger partial charge on any atom is 0.308 e. The Morgan fingerprint density at radius 3 is 2.31 bits per heavy atom. The van der Waals surface area contributed by atoms with Crippen LogP contribution in [0.3, 0.4) is 0 Å². The van der Waals surface area contributed by atoms with Gasteiger partial charge in [0.05, 0.1) is 0 Å². The maximum atomic E-state index is 11.0. The number of nitroso groups, excluding NO2 is 1. The molecule has 0 aromatic heterocycles. The van der Waals surface area contributed by atoms with Crippen molar-refractivity contribution in [2.75, 3.05) is 0 Å². The first-order valence-corrected chi connectivity index (χ1v) is 4.17. The van der Waals surface area contributed by atoms with E-state index in [-0.39, 0.29) is 11.8 Å². The van der Waals surface area contributed by atoms with Gasteiger partial charge in [-0.15, -0.1) is 4.91 Å². The lowest BCUT2D eigenvalue weighted by atomic mass is 9.99. The van der Waals surface area contributed by atoms with Crippen LogP contribution in [0.25, 0.3) is 0 Å². The van der Waals surface area contributed by atoms with Crippen LogP contribution < -0.4 is 5.32 Å². The molecule has 0 spiro atoms. The summed E-state index contributed by atoms with van der Waals surface area (Å²) in [5, 5.41) is 4.71. The molecule has 0 saturated heterocycles. The third-order valence-electron chi connectivity index (χ3n) is 1.93. The summed E-state index contributed by atoms with van der Waals surface area (Å²) in [5.41, 5.74) is 0. The molecular weight excluding hydrogens is 172 g/mol. The van der Waals surface area contributed by atoms with Gasteiger partial charge in [-0.2, -0.15) is 0 Å². The summed E-state index contributed by atoms with van der Waals surface area (Å²) < 4.78 is 0. The minimum absolute atomic E-state index is 0.0749. The minimum Gasteiger partial charge on any atom is -0.344 e. The van der Waals surface area contributed by atoms with Crippen LogP contribution in [-0.4, -0.2) is 17.9 Å². The highest BCUT2D eigenvalue weighted by Crippen LogP contribution is 2.08. The van der Waals surface area contributed by atoms with Crippen molar-refractivity contribution in [1.29, 1.82) is 0 Å².